The second-order valence-electron chi connectivity index (χ2n) is 2.75. The highest BCUT2D eigenvalue weighted by molar-refractivity contribution is 4.67. The van der Waals surface area contributed by atoms with Crippen LogP contribution in [0, 0.1) is 11.8 Å². The van der Waals surface area contributed by atoms with Gasteiger partial charge in [0, 0.05) is 6.61 Å². The van der Waals surface area contributed by atoms with Crippen LogP contribution in [0.4, 0.5) is 0 Å². The molecular formula is C8H19NO. The second-order valence-corrected chi connectivity index (χ2v) is 2.75. The third-order valence-electron chi connectivity index (χ3n) is 2.25. The van der Waals surface area contributed by atoms with Gasteiger partial charge in [-0.15, -0.1) is 0 Å². The lowest BCUT2D eigenvalue weighted by atomic mass is 9.89. The molecule has 0 rings (SSSR count). The molecule has 1 atom stereocenters. The van der Waals surface area contributed by atoms with Crippen LogP contribution in [0.5, 0.6) is 0 Å². The zero-order valence-corrected chi connectivity index (χ0v) is 7.01. The Hall–Kier alpha value is -0.0800. The molecule has 0 aliphatic heterocycles. The van der Waals surface area contributed by atoms with Crippen LogP contribution in [0.25, 0.3) is 0 Å². The minimum absolute atomic E-state index is 0.239. The van der Waals surface area contributed by atoms with Gasteiger partial charge in [-0.2, -0.15) is 0 Å². The molecule has 0 radical (unpaired) electrons. The molecule has 0 aliphatic carbocycles. The molecule has 0 saturated carbocycles. The van der Waals surface area contributed by atoms with Crippen LogP contribution in [-0.2, 0) is 0 Å². The summed E-state index contributed by atoms with van der Waals surface area (Å²) in [6, 6.07) is 0. The molecule has 0 fully saturated rings. The van der Waals surface area contributed by atoms with Crippen molar-refractivity contribution < 1.29 is 5.11 Å². The largest absolute Gasteiger partial charge is 0.396 e. The predicted octanol–water partition coefficient (Wildman–Crippen LogP) is 0.990. The van der Waals surface area contributed by atoms with E-state index < -0.39 is 0 Å². The van der Waals surface area contributed by atoms with Gasteiger partial charge in [0.1, 0.15) is 0 Å². The number of nitrogens with two attached hydrogens (primary N) is 1. The van der Waals surface area contributed by atoms with Crippen molar-refractivity contribution in [3.63, 3.8) is 0 Å². The molecule has 62 valence electrons. The van der Waals surface area contributed by atoms with E-state index in [0.717, 1.165) is 12.8 Å². The first kappa shape index (κ1) is 9.92. The number of hydrogen-bond acceptors (Lipinski definition) is 2. The van der Waals surface area contributed by atoms with Crippen LogP contribution < -0.4 is 5.73 Å². The lowest BCUT2D eigenvalue weighted by Crippen LogP contribution is -2.25. The Morgan fingerprint density at radius 3 is 1.80 bits per heavy atom. The number of aliphatic hydroxyl groups excluding tert-OH is 1. The molecule has 1 unspecified atom stereocenters. The van der Waals surface area contributed by atoms with E-state index in [1.165, 1.54) is 0 Å². The average Bonchev–Trinajstić information content (AvgIpc) is 2.00. The topological polar surface area (TPSA) is 46.2 Å². The van der Waals surface area contributed by atoms with Crippen LogP contribution >= 0.6 is 0 Å². The predicted molar refractivity (Wildman–Crippen MR) is 43.7 cm³/mol. The molecule has 0 aliphatic rings. The molecule has 0 amide bonds. The highest BCUT2D eigenvalue weighted by Gasteiger charge is 2.14. The third kappa shape index (κ3) is 2.67. The Morgan fingerprint density at radius 2 is 1.70 bits per heavy atom. The first-order valence-electron chi connectivity index (χ1n) is 4.11. The van der Waals surface area contributed by atoms with Crippen molar-refractivity contribution in [3.05, 3.63) is 0 Å². The van der Waals surface area contributed by atoms with Gasteiger partial charge >= 0.3 is 0 Å². The van der Waals surface area contributed by atoms with Gasteiger partial charge in [-0.3, -0.25) is 0 Å². The number of hydrogen-bond donors (Lipinski definition) is 2. The van der Waals surface area contributed by atoms with Crippen LogP contribution in [0.15, 0.2) is 0 Å². The zero-order valence-electron chi connectivity index (χ0n) is 7.01. The van der Waals surface area contributed by atoms with E-state index in [1.54, 1.807) is 0 Å². The quantitative estimate of drug-likeness (QED) is 0.606. The Balaban J connectivity index is 3.70. The Labute approximate surface area is 63.4 Å². The smallest absolute Gasteiger partial charge is 0.0473 e. The summed E-state index contributed by atoms with van der Waals surface area (Å²) in [4.78, 5) is 0. The van der Waals surface area contributed by atoms with E-state index in [9.17, 15) is 0 Å². The lowest BCUT2D eigenvalue weighted by Gasteiger charge is -2.20. The van der Waals surface area contributed by atoms with Gasteiger partial charge in [0.05, 0.1) is 0 Å². The zero-order chi connectivity index (χ0) is 7.98. The van der Waals surface area contributed by atoms with E-state index in [4.69, 9.17) is 10.8 Å². The van der Waals surface area contributed by atoms with Crippen LogP contribution in [0.1, 0.15) is 26.7 Å². The van der Waals surface area contributed by atoms with Crippen molar-refractivity contribution in [2.45, 2.75) is 26.7 Å². The van der Waals surface area contributed by atoms with Crippen LogP contribution in [-0.4, -0.2) is 18.3 Å². The summed E-state index contributed by atoms with van der Waals surface area (Å²) in [5, 5.41) is 8.88. The van der Waals surface area contributed by atoms with Crippen molar-refractivity contribution in [3.8, 4) is 0 Å². The van der Waals surface area contributed by atoms with Gasteiger partial charge in [-0.25, -0.2) is 0 Å². The van der Waals surface area contributed by atoms with Crippen LogP contribution in [0.2, 0.25) is 0 Å². The molecule has 2 nitrogen and oxygen atoms in total. The maximum absolute atomic E-state index is 8.88. The Morgan fingerprint density at radius 1 is 1.20 bits per heavy atom. The van der Waals surface area contributed by atoms with E-state index in [2.05, 4.69) is 13.8 Å². The molecule has 0 bridgehead atoms. The highest BCUT2D eigenvalue weighted by atomic mass is 16.3. The molecule has 0 aromatic carbocycles. The summed E-state index contributed by atoms with van der Waals surface area (Å²) in [5.74, 6) is 0.921. The minimum atomic E-state index is 0.239. The van der Waals surface area contributed by atoms with Crippen molar-refractivity contribution in [1.82, 2.24) is 0 Å². The Kier molecular flexibility index (Phi) is 5.64. The van der Waals surface area contributed by atoms with Gasteiger partial charge in [0.2, 0.25) is 0 Å². The standard InChI is InChI=1S/C8H19NO/c1-3-7(4-2)8(5-9)6-10/h7-8,10H,3-6,9H2,1-2H3. The minimum Gasteiger partial charge on any atom is -0.396 e. The van der Waals surface area contributed by atoms with E-state index in [1.807, 2.05) is 0 Å². The number of rotatable bonds is 5. The van der Waals surface area contributed by atoms with Crippen molar-refractivity contribution in [2.24, 2.45) is 17.6 Å². The van der Waals surface area contributed by atoms with Gasteiger partial charge in [0.25, 0.3) is 0 Å². The molecule has 0 aromatic rings. The monoisotopic (exact) mass is 145 g/mol. The van der Waals surface area contributed by atoms with E-state index in [0.29, 0.717) is 18.4 Å². The van der Waals surface area contributed by atoms with Gasteiger partial charge in [-0.05, 0) is 18.4 Å². The summed E-state index contributed by atoms with van der Waals surface area (Å²) in [5.41, 5.74) is 5.48. The first-order valence-corrected chi connectivity index (χ1v) is 4.11. The number of aliphatic hydroxyl groups is 1. The SMILES string of the molecule is CCC(CC)C(CN)CO. The normalized spacial score (nSPS) is 14.1. The summed E-state index contributed by atoms with van der Waals surface area (Å²) >= 11 is 0. The summed E-state index contributed by atoms with van der Waals surface area (Å²) in [6.45, 7) is 5.14. The third-order valence-corrected chi connectivity index (χ3v) is 2.25. The lowest BCUT2D eigenvalue weighted by molar-refractivity contribution is 0.173. The Bertz CT molecular complexity index is 57.7. The van der Waals surface area contributed by atoms with E-state index in [-0.39, 0.29) is 6.61 Å². The fourth-order valence-corrected chi connectivity index (χ4v) is 1.37. The first-order chi connectivity index (χ1) is 4.79. The molecule has 0 aromatic heterocycles. The second kappa shape index (κ2) is 5.69. The molecule has 0 spiro atoms. The van der Waals surface area contributed by atoms with Crippen LogP contribution in [0.3, 0.4) is 0 Å². The molecule has 0 heterocycles. The molecule has 3 N–H and O–H groups in total. The summed E-state index contributed by atoms with van der Waals surface area (Å²) < 4.78 is 0. The van der Waals surface area contributed by atoms with E-state index >= 15 is 0 Å². The molecule has 0 saturated heterocycles. The fraction of sp³-hybridized carbons (Fsp3) is 1.00. The maximum Gasteiger partial charge on any atom is 0.0473 e. The fourth-order valence-electron chi connectivity index (χ4n) is 1.37. The van der Waals surface area contributed by atoms with Gasteiger partial charge < -0.3 is 10.8 Å². The molecular weight excluding hydrogens is 126 g/mol. The highest BCUT2D eigenvalue weighted by Crippen LogP contribution is 2.17. The molecule has 10 heavy (non-hydrogen) atoms. The van der Waals surface area contributed by atoms with Crippen molar-refractivity contribution in [2.75, 3.05) is 13.2 Å². The average molecular weight is 145 g/mol. The summed E-state index contributed by atoms with van der Waals surface area (Å²) in [6.07, 6.45) is 2.25. The van der Waals surface area contributed by atoms with Crippen molar-refractivity contribution >= 4 is 0 Å². The maximum atomic E-state index is 8.88. The van der Waals surface area contributed by atoms with Gasteiger partial charge in [-0.1, -0.05) is 26.7 Å². The summed E-state index contributed by atoms with van der Waals surface area (Å²) in [7, 11) is 0. The van der Waals surface area contributed by atoms with Crippen molar-refractivity contribution in [1.29, 1.82) is 0 Å². The van der Waals surface area contributed by atoms with Gasteiger partial charge in [0.15, 0.2) is 0 Å². The molecule has 2 heteroatoms.